The molecule has 0 aliphatic heterocycles. The van der Waals surface area contributed by atoms with Gasteiger partial charge >= 0.3 is 0 Å². The average molecular weight is 776 g/mol. The Labute approximate surface area is 354 Å². The fraction of sp³-hybridized carbons (Fsp3) is 0.0169. The first-order valence-corrected chi connectivity index (χ1v) is 21.1. The van der Waals surface area contributed by atoms with Gasteiger partial charge in [-0.05, 0) is 121 Å². The summed E-state index contributed by atoms with van der Waals surface area (Å²) in [6.45, 7) is 0. The number of furan rings is 1. The first-order valence-electron chi connectivity index (χ1n) is 21.1. The minimum Gasteiger partial charge on any atom is -0.455 e. The Hall–Kier alpha value is -7.94. The van der Waals surface area contributed by atoms with E-state index in [1.807, 2.05) is 0 Å². The van der Waals surface area contributed by atoms with E-state index < -0.39 is 5.41 Å². The lowest BCUT2D eigenvalue weighted by molar-refractivity contribution is 0.670. The van der Waals surface area contributed by atoms with E-state index >= 15 is 0 Å². The summed E-state index contributed by atoms with van der Waals surface area (Å²) in [7, 11) is 0. The maximum atomic E-state index is 6.86. The normalized spacial score (nSPS) is 13.0. The van der Waals surface area contributed by atoms with E-state index in [0.29, 0.717) is 0 Å². The van der Waals surface area contributed by atoms with E-state index in [1.54, 1.807) is 0 Å². The van der Waals surface area contributed by atoms with E-state index in [9.17, 15) is 0 Å². The Balaban J connectivity index is 1.10. The summed E-state index contributed by atoms with van der Waals surface area (Å²) in [4.78, 5) is 2.45. The molecule has 284 valence electrons. The second-order valence-corrected chi connectivity index (χ2v) is 16.4. The highest BCUT2D eigenvalue weighted by Gasteiger charge is 2.51. The zero-order chi connectivity index (χ0) is 40.1. The van der Waals surface area contributed by atoms with Crippen molar-refractivity contribution in [1.82, 2.24) is 0 Å². The van der Waals surface area contributed by atoms with Crippen molar-refractivity contribution in [1.29, 1.82) is 0 Å². The molecule has 1 spiro atoms. The van der Waals surface area contributed by atoms with Crippen molar-refractivity contribution < 1.29 is 4.42 Å². The largest absolute Gasteiger partial charge is 0.455 e. The predicted octanol–water partition coefficient (Wildman–Crippen LogP) is 15.9. The SMILES string of the molecule is c1ccc(-c2ccc(N(c3ccc4c(c3)C3(c5ccccc5-c5ccccc53)c3ccccc3-4)c3cc(-c4ccccc4)c4oc5cc6ccccc6cc5c4c3)cc2)cc1. The van der Waals surface area contributed by atoms with Crippen LogP contribution in [0.2, 0.25) is 0 Å². The molecule has 2 aliphatic rings. The molecule has 2 nitrogen and oxygen atoms in total. The van der Waals surface area contributed by atoms with Gasteiger partial charge in [-0.1, -0.05) is 176 Å². The van der Waals surface area contributed by atoms with Gasteiger partial charge in [0.1, 0.15) is 11.2 Å². The Morgan fingerprint density at radius 2 is 0.820 bits per heavy atom. The highest BCUT2D eigenvalue weighted by Crippen LogP contribution is 2.63. The lowest BCUT2D eigenvalue weighted by Crippen LogP contribution is -2.26. The minimum atomic E-state index is -0.459. The predicted molar refractivity (Wildman–Crippen MR) is 253 cm³/mol. The third-order valence-electron chi connectivity index (χ3n) is 13.2. The van der Waals surface area contributed by atoms with Crippen LogP contribution in [-0.4, -0.2) is 0 Å². The van der Waals surface area contributed by atoms with Gasteiger partial charge in [0, 0.05) is 33.4 Å². The molecule has 0 bridgehead atoms. The number of benzene rings is 10. The smallest absolute Gasteiger partial charge is 0.143 e. The Kier molecular flexibility index (Phi) is 7.26. The van der Waals surface area contributed by atoms with Crippen LogP contribution in [0.3, 0.4) is 0 Å². The maximum Gasteiger partial charge on any atom is 0.143 e. The van der Waals surface area contributed by atoms with Crippen molar-refractivity contribution >= 4 is 49.8 Å². The van der Waals surface area contributed by atoms with Crippen LogP contribution >= 0.6 is 0 Å². The fourth-order valence-corrected chi connectivity index (χ4v) is 10.6. The zero-order valence-electron chi connectivity index (χ0n) is 33.2. The highest BCUT2D eigenvalue weighted by atomic mass is 16.3. The van der Waals surface area contributed by atoms with Crippen LogP contribution in [0.4, 0.5) is 17.1 Å². The second kappa shape index (κ2) is 13.0. The lowest BCUT2D eigenvalue weighted by atomic mass is 9.70. The lowest BCUT2D eigenvalue weighted by Gasteiger charge is -2.32. The van der Waals surface area contributed by atoms with Gasteiger partial charge in [-0.2, -0.15) is 0 Å². The number of nitrogens with zero attached hydrogens (tertiary/aromatic N) is 1. The molecule has 0 radical (unpaired) electrons. The molecule has 2 heteroatoms. The Morgan fingerprint density at radius 3 is 1.46 bits per heavy atom. The molecule has 0 amide bonds. The number of hydrogen-bond donors (Lipinski definition) is 0. The monoisotopic (exact) mass is 775 g/mol. The molecule has 0 saturated heterocycles. The van der Waals surface area contributed by atoms with E-state index in [4.69, 9.17) is 4.42 Å². The van der Waals surface area contributed by atoms with Crippen molar-refractivity contribution in [2.24, 2.45) is 0 Å². The number of fused-ring (bicyclic) bond motifs is 14. The van der Waals surface area contributed by atoms with Crippen LogP contribution in [0.15, 0.2) is 229 Å². The quantitative estimate of drug-likeness (QED) is 0.173. The highest BCUT2D eigenvalue weighted by molar-refractivity contribution is 6.15. The van der Waals surface area contributed by atoms with Crippen LogP contribution in [0.25, 0.3) is 77.2 Å². The molecule has 0 fully saturated rings. The van der Waals surface area contributed by atoms with Gasteiger partial charge in [-0.3, -0.25) is 0 Å². The number of rotatable bonds is 5. The molecule has 1 aromatic heterocycles. The molecule has 2 aliphatic carbocycles. The topological polar surface area (TPSA) is 16.4 Å². The molecule has 13 rings (SSSR count). The van der Waals surface area contributed by atoms with Gasteiger partial charge in [0.15, 0.2) is 0 Å². The van der Waals surface area contributed by atoms with Gasteiger partial charge in [0.2, 0.25) is 0 Å². The molecule has 1 heterocycles. The second-order valence-electron chi connectivity index (χ2n) is 16.4. The van der Waals surface area contributed by atoms with E-state index in [2.05, 4.69) is 229 Å². The van der Waals surface area contributed by atoms with Crippen LogP contribution in [0.1, 0.15) is 22.3 Å². The van der Waals surface area contributed by atoms with Crippen LogP contribution in [0.5, 0.6) is 0 Å². The van der Waals surface area contributed by atoms with Crippen LogP contribution in [0, 0.1) is 0 Å². The van der Waals surface area contributed by atoms with Crippen LogP contribution in [-0.2, 0) is 5.41 Å². The number of hydrogen-bond acceptors (Lipinski definition) is 2. The average Bonchev–Trinajstić information content (AvgIpc) is 3.95. The summed E-state index contributed by atoms with van der Waals surface area (Å²) < 4.78 is 6.86. The van der Waals surface area contributed by atoms with Crippen LogP contribution < -0.4 is 4.90 Å². The molecular weight excluding hydrogens is 739 g/mol. The number of anilines is 3. The molecule has 0 unspecified atom stereocenters. The van der Waals surface area contributed by atoms with Crippen molar-refractivity contribution in [3.05, 3.63) is 247 Å². The van der Waals surface area contributed by atoms with Crippen molar-refractivity contribution in [2.75, 3.05) is 4.90 Å². The molecule has 0 saturated carbocycles. The summed E-state index contributed by atoms with van der Waals surface area (Å²) in [5.74, 6) is 0. The zero-order valence-corrected chi connectivity index (χ0v) is 33.2. The molecular formula is C59H37NO. The van der Waals surface area contributed by atoms with Crippen molar-refractivity contribution in [3.63, 3.8) is 0 Å². The third kappa shape index (κ3) is 4.91. The standard InChI is InChI=1S/C59H37NO/c1-3-15-38(16-4-1)39-27-29-43(30-28-39)60(45-35-50(40-17-5-2-6-18-40)58-52(36-45)51-33-41-19-7-8-20-42(41)34-57(51)61-58)44-31-32-49-48-23-11-14-26-55(48)59(56(49)37-44)53-24-12-9-21-46(53)47-22-10-13-25-54(47)59/h1-37H. The van der Waals surface area contributed by atoms with E-state index in [1.165, 1.54) is 66.4 Å². The Morgan fingerprint density at radius 1 is 0.311 bits per heavy atom. The fourth-order valence-electron chi connectivity index (χ4n) is 10.6. The van der Waals surface area contributed by atoms with E-state index in [-0.39, 0.29) is 0 Å². The van der Waals surface area contributed by atoms with Gasteiger partial charge in [-0.15, -0.1) is 0 Å². The van der Waals surface area contributed by atoms with Gasteiger partial charge in [0.05, 0.1) is 5.41 Å². The van der Waals surface area contributed by atoms with E-state index in [0.717, 1.165) is 50.1 Å². The third-order valence-corrected chi connectivity index (χ3v) is 13.2. The summed E-state index contributed by atoms with van der Waals surface area (Å²) in [6, 6.07) is 82.3. The molecule has 0 N–H and O–H groups in total. The molecule has 11 aromatic rings. The summed E-state index contributed by atoms with van der Waals surface area (Å²) >= 11 is 0. The molecule has 0 atom stereocenters. The van der Waals surface area contributed by atoms with Gasteiger partial charge in [-0.25, -0.2) is 0 Å². The first kappa shape index (κ1) is 34.0. The van der Waals surface area contributed by atoms with Crippen molar-refractivity contribution in [3.8, 4) is 44.5 Å². The summed E-state index contributed by atoms with van der Waals surface area (Å²) in [5, 5.41) is 4.55. The first-order chi connectivity index (χ1) is 30.2. The van der Waals surface area contributed by atoms with Crippen molar-refractivity contribution in [2.45, 2.75) is 5.41 Å². The minimum absolute atomic E-state index is 0.459. The summed E-state index contributed by atoms with van der Waals surface area (Å²) in [5.41, 5.74) is 19.6. The molecule has 10 aromatic carbocycles. The maximum absolute atomic E-state index is 6.86. The summed E-state index contributed by atoms with van der Waals surface area (Å²) in [6.07, 6.45) is 0. The Bertz CT molecular complexity index is 3460. The van der Waals surface area contributed by atoms with Gasteiger partial charge < -0.3 is 9.32 Å². The van der Waals surface area contributed by atoms with Gasteiger partial charge in [0.25, 0.3) is 0 Å². The molecule has 61 heavy (non-hydrogen) atoms.